The van der Waals surface area contributed by atoms with Crippen LogP contribution in [0.5, 0.6) is 17.2 Å². The number of nitro groups is 1. The third kappa shape index (κ3) is 2.92. The Bertz CT molecular complexity index is 424. The SMILES string of the molecule is COc1cc([N+](=O)[O-])cc(OC(F)F)c1OC. The fourth-order valence-corrected chi connectivity index (χ4v) is 1.20. The maximum absolute atomic E-state index is 12.1. The van der Waals surface area contributed by atoms with E-state index in [1.165, 1.54) is 14.2 Å². The summed E-state index contributed by atoms with van der Waals surface area (Å²) in [5, 5.41) is 10.6. The topological polar surface area (TPSA) is 70.8 Å². The number of hydrogen-bond acceptors (Lipinski definition) is 5. The lowest BCUT2D eigenvalue weighted by molar-refractivity contribution is -0.385. The number of methoxy groups -OCH3 is 2. The second kappa shape index (κ2) is 5.28. The second-order valence-corrected chi connectivity index (χ2v) is 2.82. The number of rotatable bonds is 5. The summed E-state index contributed by atoms with van der Waals surface area (Å²) in [7, 11) is 2.44. The van der Waals surface area contributed by atoms with Crippen LogP contribution in [0.3, 0.4) is 0 Å². The Morgan fingerprint density at radius 1 is 1.24 bits per heavy atom. The fraction of sp³-hybridized carbons (Fsp3) is 0.333. The number of nitro benzene ring substituents is 1. The molecule has 0 aliphatic heterocycles. The molecular formula is C9H9F2NO5. The molecule has 1 aromatic carbocycles. The minimum Gasteiger partial charge on any atom is -0.492 e. The lowest BCUT2D eigenvalue weighted by atomic mass is 10.2. The molecule has 0 atom stereocenters. The molecular weight excluding hydrogens is 240 g/mol. The summed E-state index contributed by atoms with van der Waals surface area (Å²) in [5.41, 5.74) is -0.432. The van der Waals surface area contributed by atoms with Gasteiger partial charge < -0.3 is 14.2 Å². The summed E-state index contributed by atoms with van der Waals surface area (Å²) < 4.78 is 38.0. The molecule has 6 nitrogen and oxygen atoms in total. The molecule has 0 heterocycles. The summed E-state index contributed by atoms with van der Waals surface area (Å²) in [6.45, 7) is -3.12. The first-order chi connectivity index (χ1) is 7.99. The van der Waals surface area contributed by atoms with Crippen molar-refractivity contribution < 1.29 is 27.9 Å². The molecule has 8 heteroatoms. The average Bonchev–Trinajstić information content (AvgIpc) is 2.26. The number of benzene rings is 1. The smallest absolute Gasteiger partial charge is 0.387 e. The van der Waals surface area contributed by atoms with Gasteiger partial charge in [-0.2, -0.15) is 8.78 Å². The molecule has 0 spiro atoms. The van der Waals surface area contributed by atoms with Crippen LogP contribution in [-0.4, -0.2) is 25.8 Å². The second-order valence-electron chi connectivity index (χ2n) is 2.82. The van der Waals surface area contributed by atoms with Crippen LogP contribution in [0.15, 0.2) is 12.1 Å². The van der Waals surface area contributed by atoms with Gasteiger partial charge in [-0.05, 0) is 0 Å². The van der Waals surface area contributed by atoms with Gasteiger partial charge in [0.05, 0.1) is 31.3 Å². The van der Waals surface area contributed by atoms with E-state index in [2.05, 4.69) is 4.74 Å². The molecule has 0 N–H and O–H groups in total. The van der Waals surface area contributed by atoms with Gasteiger partial charge in [0.25, 0.3) is 5.69 Å². The predicted molar refractivity (Wildman–Crippen MR) is 52.8 cm³/mol. The monoisotopic (exact) mass is 249 g/mol. The van der Waals surface area contributed by atoms with E-state index in [9.17, 15) is 18.9 Å². The van der Waals surface area contributed by atoms with Crippen molar-refractivity contribution in [3.63, 3.8) is 0 Å². The van der Waals surface area contributed by atoms with Gasteiger partial charge in [-0.15, -0.1) is 0 Å². The summed E-state index contributed by atoms with van der Waals surface area (Å²) in [4.78, 5) is 9.82. The molecule has 0 aliphatic carbocycles. The van der Waals surface area contributed by atoms with Crippen molar-refractivity contribution in [1.82, 2.24) is 0 Å². The summed E-state index contributed by atoms with van der Waals surface area (Å²) >= 11 is 0. The number of hydrogen-bond donors (Lipinski definition) is 0. The number of halogens is 2. The minimum atomic E-state index is -3.12. The van der Waals surface area contributed by atoms with Crippen molar-refractivity contribution >= 4 is 5.69 Å². The highest BCUT2D eigenvalue weighted by Gasteiger charge is 2.21. The molecule has 0 fully saturated rings. The van der Waals surface area contributed by atoms with Crippen LogP contribution in [-0.2, 0) is 0 Å². The van der Waals surface area contributed by atoms with E-state index in [4.69, 9.17) is 9.47 Å². The standard InChI is InChI=1S/C9H9F2NO5/c1-15-6-3-5(12(13)14)4-7(8(6)16-2)17-9(10)11/h3-4,9H,1-2H3. The fourth-order valence-electron chi connectivity index (χ4n) is 1.20. The Kier molecular flexibility index (Phi) is 4.02. The molecule has 0 radical (unpaired) electrons. The zero-order valence-electron chi connectivity index (χ0n) is 8.98. The number of nitrogens with zero attached hydrogens (tertiary/aromatic N) is 1. The Hall–Kier alpha value is -2.12. The van der Waals surface area contributed by atoms with Crippen LogP contribution >= 0.6 is 0 Å². The third-order valence-electron chi connectivity index (χ3n) is 1.86. The molecule has 17 heavy (non-hydrogen) atoms. The Labute approximate surface area is 94.9 Å². The maximum Gasteiger partial charge on any atom is 0.387 e. The molecule has 0 amide bonds. The Morgan fingerprint density at radius 3 is 2.24 bits per heavy atom. The van der Waals surface area contributed by atoms with Crippen LogP contribution in [0.4, 0.5) is 14.5 Å². The normalized spacial score (nSPS) is 10.2. The van der Waals surface area contributed by atoms with E-state index in [0.29, 0.717) is 0 Å². The number of non-ortho nitro benzene ring substituents is 1. The largest absolute Gasteiger partial charge is 0.492 e. The molecule has 1 rings (SSSR count). The third-order valence-corrected chi connectivity index (χ3v) is 1.86. The van der Waals surface area contributed by atoms with Crippen molar-refractivity contribution in [2.24, 2.45) is 0 Å². The molecule has 1 aromatic rings. The molecule has 0 aromatic heterocycles. The molecule has 0 saturated heterocycles. The lowest BCUT2D eigenvalue weighted by Crippen LogP contribution is -2.05. The van der Waals surface area contributed by atoms with Crippen LogP contribution in [0, 0.1) is 10.1 Å². The van der Waals surface area contributed by atoms with Crippen molar-refractivity contribution in [2.45, 2.75) is 6.61 Å². The molecule has 94 valence electrons. The van der Waals surface area contributed by atoms with Crippen LogP contribution in [0.1, 0.15) is 0 Å². The number of alkyl halides is 2. The van der Waals surface area contributed by atoms with Gasteiger partial charge in [-0.25, -0.2) is 0 Å². The van der Waals surface area contributed by atoms with Gasteiger partial charge in [0, 0.05) is 0 Å². The predicted octanol–water partition coefficient (Wildman–Crippen LogP) is 2.21. The quantitative estimate of drug-likeness (QED) is 0.591. The van der Waals surface area contributed by atoms with Crippen molar-refractivity contribution in [3.8, 4) is 17.2 Å². The Balaban J connectivity index is 3.31. The van der Waals surface area contributed by atoms with Crippen molar-refractivity contribution in [1.29, 1.82) is 0 Å². The van der Waals surface area contributed by atoms with E-state index < -0.39 is 23.0 Å². The van der Waals surface area contributed by atoms with Crippen LogP contribution < -0.4 is 14.2 Å². The van der Waals surface area contributed by atoms with Gasteiger partial charge in [-0.1, -0.05) is 0 Å². The van der Waals surface area contributed by atoms with Crippen molar-refractivity contribution in [3.05, 3.63) is 22.2 Å². The molecule has 0 saturated carbocycles. The number of ether oxygens (including phenoxy) is 3. The maximum atomic E-state index is 12.1. The minimum absolute atomic E-state index is 0.0580. The zero-order chi connectivity index (χ0) is 13.0. The molecule has 0 bridgehead atoms. The Morgan fingerprint density at radius 2 is 1.82 bits per heavy atom. The van der Waals surface area contributed by atoms with E-state index in [-0.39, 0.29) is 11.5 Å². The zero-order valence-corrected chi connectivity index (χ0v) is 8.98. The van der Waals surface area contributed by atoms with E-state index >= 15 is 0 Å². The lowest BCUT2D eigenvalue weighted by Gasteiger charge is -2.12. The summed E-state index contributed by atoms with van der Waals surface area (Å²) in [6.07, 6.45) is 0. The van der Waals surface area contributed by atoms with Gasteiger partial charge in [-0.3, -0.25) is 10.1 Å². The van der Waals surface area contributed by atoms with Crippen molar-refractivity contribution in [2.75, 3.05) is 14.2 Å². The first-order valence-electron chi connectivity index (χ1n) is 4.34. The molecule has 0 unspecified atom stereocenters. The highest BCUT2D eigenvalue weighted by atomic mass is 19.3. The average molecular weight is 249 g/mol. The van der Waals surface area contributed by atoms with Crippen LogP contribution in [0.25, 0.3) is 0 Å². The van der Waals surface area contributed by atoms with E-state index in [1.54, 1.807) is 0 Å². The van der Waals surface area contributed by atoms with Gasteiger partial charge in [0.2, 0.25) is 5.75 Å². The first-order valence-corrected chi connectivity index (χ1v) is 4.34. The first kappa shape index (κ1) is 12.9. The molecule has 0 aliphatic rings. The summed E-state index contributed by atoms with van der Waals surface area (Å²) in [6, 6.07) is 1.89. The van der Waals surface area contributed by atoms with Gasteiger partial charge >= 0.3 is 6.61 Å². The highest BCUT2D eigenvalue weighted by Crippen LogP contribution is 2.41. The highest BCUT2D eigenvalue weighted by molar-refractivity contribution is 5.58. The van der Waals surface area contributed by atoms with E-state index in [1.807, 2.05) is 0 Å². The van der Waals surface area contributed by atoms with Crippen LogP contribution in [0.2, 0.25) is 0 Å². The van der Waals surface area contributed by atoms with E-state index in [0.717, 1.165) is 12.1 Å². The van der Waals surface area contributed by atoms with Gasteiger partial charge in [0.15, 0.2) is 11.5 Å². The summed E-state index contributed by atoms with van der Waals surface area (Å²) in [5.74, 6) is -0.635. The van der Waals surface area contributed by atoms with Gasteiger partial charge in [0.1, 0.15) is 0 Å².